The number of amides is 1. The van der Waals surface area contributed by atoms with E-state index in [1.54, 1.807) is 0 Å². The monoisotopic (exact) mass is 301 g/mol. The van der Waals surface area contributed by atoms with Crippen molar-refractivity contribution >= 4 is 22.3 Å². The highest BCUT2D eigenvalue weighted by atomic mass is 31.2. The zero-order chi connectivity index (χ0) is 14.2. The van der Waals surface area contributed by atoms with Gasteiger partial charge in [0.15, 0.2) is 0 Å². The summed E-state index contributed by atoms with van der Waals surface area (Å²) in [6.45, 7) is 0.281. The summed E-state index contributed by atoms with van der Waals surface area (Å²) in [5.74, 6) is -0.678. The second-order valence-electron chi connectivity index (χ2n) is 3.57. The Morgan fingerprint density at radius 1 is 1.22 bits per heavy atom. The fourth-order valence-corrected chi connectivity index (χ4v) is 3.54. The molecule has 0 heterocycles. The number of carbonyl (C=O) groups excluding carboxylic acids is 1. The molecule has 0 aliphatic heterocycles. The smallest absolute Gasteiger partial charge is 0.377 e. The maximum atomic E-state index is 11.1. The van der Waals surface area contributed by atoms with E-state index in [-0.39, 0.29) is 6.54 Å². The van der Waals surface area contributed by atoms with Crippen molar-refractivity contribution in [3.63, 3.8) is 0 Å². The number of nitrogens with one attached hydrogen (secondary N) is 1. The van der Waals surface area contributed by atoms with Crippen LogP contribution in [-0.4, -0.2) is 58.5 Å². The van der Waals surface area contributed by atoms with E-state index < -0.39 is 28.5 Å². The molecule has 108 valence electrons. The second-order valence-corrected chi connectivity index (χ2v) is 8.31. The van der Waals surface area contributed by atoms with Crippen LogP contribution in [-0.2, 0) is 22.6 Å². The number of hydrogen-bond acceptors (Lipinski definition) is 5. The Balaban J connectivity index is 3.92. The molecule has 3 N–H and O–H groups in total. The maximum Gasteiger partial charge on any atom is 0.500 e. The zero-order valence-corrected chi connectivity index (χ0v) is 12.6. The lowest BCUT2D eigenvalue weighted by molar-refractivity contribution is -0.118. The van der Waals surface area contributed by atoms with Crippen LogP contribution in [0.1, 0.15) is 6.42 Å². The van der Waals surface area contributed by atoms with E-state index in [1.165, 1.54) is 21.3 Å². The van der Waals surface area contributed by atoms with Crippen LogP contribution in [0.5, 0.6) is 0 Å². The second kappa shape index (κ2) is 8.00. The summed E-state index contributed by atoms with van der Waals surface area (Å²) in [7, 11) is -2.46. The van der Waals surface area contributed by atoms with Crippen molar-refractivity contribution in [3.8, 4) is 0 Å². The van der Waals surface area contributed by atoms with Gasteiger partial charge in [0.2, 0.25) is 5.91 Å². The summed E-state index contributed by atoms with van der Waals surface area (Å²) in [6.07, 6.45) is -0.261. The van der Waals surface area contributed by atoms with Crippen LogP contribution in [0.15, 0.2) is 0 Å². The van der Waals surface area contributed by atoms with Gasteiger partial charge in [-0.25, -0.2) is 0 Å². The van der Waals surface area contributed by atoms with E-state index in [4.69, 9.17) is 23.1 Å². The molecule has 0 aliphatic rings. The minimum absolute atomic E-state index is 0.281. The van der Waals surface area contributed by atoms with Crippen molar-refractivity contribution in [1.29, 1.82) is 0 Å². The van der Waals surface area contributed by atoms with Crippen molar-refractivity contribution in [2.45, 2.75) is 12.5 Å². The molecule has 0 fully saturated rings. The fourth-order valence-electron chi connectivity index (χ4n) is 1.33. The highest BCUT2D eigenvalue weighted by Gasteiger charge is 2.36. The third-order valence-corrected chi connectivity index (χ3v) is 5.80. The van der Waals surface area contributed by atoms with E-state index in [0.29, 0.717) is 12.5 Å². The molecule has 0 saturated carbocycles. The van der Waals surface area contributed by atoms with Gasteiger partial charge < -0.3 is 28.4 Å². The Kier molecular flexibility index (Phi) is 7.88. The van der Waals surface area contributed by atoms with Crippen LogP contribution in [0.4, 0.5) is 0 Å². The number of rotatable bonds is 9. The zero-order valence-electron chi connectivity index (χ0n) is 10.7. The number of carbonyl (C=O) groups is 1. The van der Waals surface area contributed by atoms with Gasteiger partial charge in [-0.3, -0.25) is 9.36 Å². The Bertz CT molecular complexity index is 296. The normalized spacial score (nSPS) is 12.5. The van der Waals surface area contributed by atoms with Crippen molar-refractivity contribution in [2.75, 3.05) is 34.0 Å². The van der Waals surface area contributed by atoms with Gasteiger partial charge in [-0.15, -0.1) is 0 Å². The van der Waals surface area contributed by atoms with Gasteiger partial charge in [0, 0.05) is 33.9 Å². The van der Waals surface area contributed by atoms with E-state index in [1.807, 2.05) is 0 Å². The van der Waals surface area contributed by atoms with Crippen molar-refractivity contribution in [2.24, 2.45) is 0 Å². The van der Waals surface area contributed by atoms with Crippen LogP contribution >= 0.6 is 7.60 Å². The molecule has 18 heavy (non-hydrogen) atoms. The lowest BCUT2D eigenvalue weighted by Crippen LogP contribution is -2.43. The largest absolute Gasteiger partial charge is 0.500 e. The molecule has 0 spiro atoms. The first-order chi connectivity index (χ1) is 8.28. The summed E-state index contributed by atoms with van der Waals surface area (Å²) >= 11 is 0. The van der Waals surface area contributed by atoms with Gasteiger partial charge in [-0.1, -0.05) is 0 Å². The third kappa shape index (κ3) is 7.22. The van der Waals surface area contributed by atoms with E-state index >= 15 is 0 Å². The number of hydrogen-bond donors (Lipinski definition) is 3. The van der Waals surface area contributed by atoms with Gasteiger partial charge >= 0.3 is 16.4 Å². The minimum Gasteiger partial charge on any atom is -0.377 e. The molecule has 1 amide bonds. The van der Waals surface area contributed by atoms with Crippen LogP contribution < -0.4 is 5.32 Å². The molecule has 0 aromatic carbocycles. The molecule has 10 heteroatoms. The topological polar surface area (TPSA) is 114 Å². The van der Waals surface area contributed by atoms with Crippen molar-refractivity contribution in [3.05, 3.63) is 0 Å². The Morgan fingerprint density at radius 3 is 2.11 bits per heavy atom. The molecular formula is C8H20NO7PSi. The fraction of sp³-hybridized carbons (Fsp3) is 0.875. The Hall–Kier alpha value is -0.283. The van der Waals surface area contributed by atoms with Crippen LogP contribution in [0, 0.1) is 0 Å². The van der Waals surface area contributed by atoms with Crippen LogP contribution in [0.2, 0.25) is 6.04 Å². The first-order valence-electron chi connectivity index (χ1n) is 5.25. The summed E-state index contributed by atoms with van der Waals surface area (Å²) in [5.41, 5.74) is 0. The predicted octanol–water partition coefficient (Wildman–Crippen LogP) is -0.452. The molecule has 0 radical (unpaired) electrons. The van der Waals surface area contributed by atoms with Gasteiger partial charge in [0.1, 0.15) is 6.16 Å². The summed E-state index contributed by atoms with van der Waals surface area (Å²) in [6, 6.07) is 0.507. The lowest BCUT2D eigenvalue weighted by Gasteiger charge is -2.24. The van der Waals surface area contributed by atoms with Gasteiger partial charge in [-0.05, 0) is 6.42 Å². The molecule has 0 atom stereocenters. The quantitative estimate of drug-likeness (QED) is 0.300. The molecule has 0 aromatic heterocycles. The summed E-state index contributed by atoms with van der Waals surface area (Å²) in [5, 5.41) is 2.41. The molecule has 0 bridgehead atoms. The molecule has 0 aromatic rings. The average molecular weight is 301 g/mol. The van der Waals surface area contributed by atoms with Gasteiger partial charge in [0.25, 0.3) is 0 Å². The molecule has 0 aliphatic carbocycles. The minimum atomic E-state index is -4.30. The average Bonchev–Trinajstić information content (AvgIpc) is 2.28. The summed E-state index contributed by atoms with van der Waals surface area (Å²) in [4.78, 5) is 28.3. The van der Waals surface area contributed by atoms with Gasteiger partial charge in [0.05, 0.1) is 0 Å². The first-order valence-corrected chi connectivity index (χ1v) is 8.98. The standard InChI is InChI=1S/C8H20NO7PSi/c1-14-18(15-2,16-3)6-4-5-9-8(10)7-17(11,12)13/h4-7H2,1-3H3,(H,9,10)(H2,11,12,13). The van der Waals surface area contributed by atoms with Crippen molar-refractivity contribution < 1.29 is 32.4 Å². The van der Waals surface area contributed by atoms with Crippen molar-refractivity contribution in [1.82, 2.24) is 5.32 Å². The van der Waals surface area contributed by atoms with Crippen LogP contribution in [0.25, 0.3) is 0 Å². The molecule has 0 saturated heterocycles. The maximum absolute atomic E-state index is 11.1. The SMILES string of the molecule is CO[Si](CCCNC(=O)CP(=O)(O)O)(OC)OC. The third-order valence-electron chi connectivity index (χ3n) is 2.26. The first kappa shape index (κ1) is 17.7. The molecule has 0 rings (SSSR count). The van der Waals surface area contributed by atoms with Crippen LogP contribution in [0.3, 0.4) is 0 Å². The Labute approximate surface area is 107 Å². The molecule has 0 unspecified atom stereocenters. The molecule has 8 nitrogen and oxygen atoms in total. The molecular weight excluding hydrogens is 281 g/mol. The highest BCUT2D eigenvalue weighted by molar-refractivity contribution is 7.52. The Morgan fingerprint density at radius 2 is 1.72 bits per heavy atom. The van der Waals surface area contributed by atoms with E-state index in [9.17, 15) is 9.36 Å². The van der Waals surface area contributed by atoms with Gasteiger partial charge in [-0.2, -0.15) is 0 Å². The summed E-state index contributed by atoms with van der Waals surface area (Å²) < 4.78 is 26.1. The highest BCUT2D eigenvalue weighted by Crippen LogP contribution is 2.33. The van der Waals surface area contributed by atoms with E-state index in [0.717, 1.165) is 0 Å². The predicted molar refractivity (Wildman–Crippen MR) is 66.1 cm³/mol. The lowest BCUT2D eigenvalue weighted by atomic mass is 10.5. The van der Waals surface area contributed by atoms with E-state index in [2.05, 4.69) is 5.32 Å².